The van der Waals surface area contributed by atoms with Crippen molar-refractivity contribution in [3.05, 3.63) is 71.3 Å². The van der Waals surface area contributed by atoms with Crippen molar-refractivity contribution in [3.8, 4) is 5.75 Å². The zero-order chi connectivity index (χ0) is 14.4. The summed E-state index contributed by atoms with van der Waals surface area (Å²) in [6, 6.07) is 15.5. The molecule has 0 saturated heterocycles. The Bertz CT molecular complexity index is 630. The molecular weight excluding hydrogens is 252 g/mol. The first-order valence-corrected chi connectivity index (χ1v) is 6.33. The van der Waals surface area contributed by atoms with E-state index < -0.39 is 5.97 Å². The van der Waals surface area contributed by atoms with E-state index in [1.165, 1.54) is 5.56 Å². The van der Waals surface area contributed by atoms with E-state index in [9.17, 15) is 4.79 Å². The second kappa shape index (κ2) is 6.57. The number of carboxylic acids is 1. The molecule has 0 aromatic heterocycles. The van der Waals surface area contributed by atoms with Crippen LogP contribution >= 0.6 is 0 Å². The van der Waals surface area contributed by atoms with Gasteiger partial charge in [0.25, 0.3) is 0 Å². The fourth-order valence-corrected chi connectivity index (χ4v) is 1.84. The van der Waals surface area contributed by atoms with Crippen LogP contribution in [0.1, 0.15) is 16.7 Å². The van der Waals surface area contributed by atoms with Gasteiger partial charge < -0.3 is 9.84 Å². The van der Waals surface area contributed by atoms with Gasteiger partial charge >= 0.3 is 5.97 Å². The number of hydrogen-bond donors (Lipinski definition) is 1. The standard InChI is InChI=1S/C17H16O3/c1-13-4-2-6-15(10-13)12-20-16-7-3-5-14(11-16)8-9-17(18)19/h2-11H,12H2,1H3,(H,18,19). The third-order valence-electron chi connectivity index (χ3n) is 2.76. The van der Waals surface area contributed by atoms with E-state index in [2.05, 4.69) is 6.07 Å². The summed E-state index contributed by atoms with van der Waals surface area (Å²) in [5, 5.41) is 8.60. The number of aliphatic carboxylic acids is 1. The Labute approximate surface area is 118 Å². The van der Waals surface area contributed by atoms with E-state index in [-0.39, 0.29) is 0 Å². The number of benzene rings is 2. The Kier molecular flexibility index (Phi) is 4.56. The normalized spacial score (nSPS) is 10.7. The van der Waals surface area contributed by atoms with Gasteiger partial charge in [-0.15, -0.1) is 0 Å². The predicted molar refractivity (Wildman–Crippen MR) is 78.6 cm³/mol. The minimum Gasteiger partial charge on any atom is -0.489 e. The molecule has 0 unspecified atom stereocenters. The van der Waals surface area contributed by atoms with Crippen LogP contribution in [0.25, 0.3) is 6.08 Å². The van der Waals surface area contributed by atoms with Crippen molar-refractivity contribution in [1.82, 2.24) is 0 Å². The molecule has 3 nitrogen and oxygen atoms in total. The first kappa shape index (κ1) is 13.9. The highest BCUT2D eigenvalue weighted by Gasteiger charge is 1.98. The molecule has 20 heavy (non-hydrogen) atoms. The topological polar surface area (TPSA) is 46.5 Å². The van der Waals surface area contributed by atoms with Gasteiger partial charge in [-0.25, -0.2) is 4.79 Å². The minimum atomic E-state index is -0.962. The highest BCUT2D eigenvalue weighted by atomic mass is 16.5. The van der Waals surface area contributed by atoms with Crippen LogP contribution in [-0.2, 0) is 11.4 Å². The number of hydrogen-bond acceptors (Lipinski definition) is 2. The fraction of sp³-hybridized carbons (Fsp3) is 0.118. The van der Waals surface area contributed by atoms with Gasteiger partial charge in [0.1, 0.15) is 12.4 Å². The van der Waals surface area contributed by atoms with E-state index >= 15 is 0 Å². The summed E-state index contributed by atoms with van der Waals surface area (Å²) in [7, 11) is 0. The first-order valence-electron chi connectivity index (χ1n) is 6.33. The van der Waals surface area contributed by atoms with Gasteiger partial charge in [-0.3, -0.25) is 0 Å². The summed E-state index contributed by atoms with van der Waals surface area (Å²) in [4.78, 5) is 10.5. The average molecular weight is 268 g/mol. The number of aryl methyl sites for hydroxylation is 1. The predicted octanol–water partition coefficient (Wildman–Crippen LogP) is 3.67. The summed E-state index contributed by atoms with van der Waals surface area (Å²) in [6.45, 7) is 2.54. The van der Waals surface area contributed by atoms with Crippen LogP contribution in [0.3, 0.4) is 0 Å². The first-order chi connectivity index (χ1) is 9.63. The van der Waals surface area contributed by atoms with E-state index in [1.807, 2.05) is 49.4 Å². The average Bonchev–Trinajstić information content (AvgIpc) is 2.43. The fourth-order valence-electron chi connectivity index (χ4n) is 1.84. The van der Waals surface area contributed by atoms with Gasteiger partial charge in [0.05, 0.1) is 0 Å². The van der Waals surface area contributed by atoms with Crippen molar-refractivity contribution < 1.29 is 14.6 Å². The molecule has 0 spiro atoms. The van der Waals surface area contributed by atoms with Gasteiger partial charge in [-0.05, 0) is 36.3 Å². The molecule has 3 heteroatoms. The third kappa shape index (κ3) is 4.28. The smallest absolute Gasteiger partial charge is 0.328 e. The van der Waals surface area contributed by atoms with Crippen LogP contribution in [0.5, 0.6) is 5.75 Å². The minimum absolute atomic E-state index is 0.494. The number of carboxylic acid groups (broad SMARTS) is 1. The Balaban J connectivity index is 2.03. The molecule has 2 rings (SSSR count). The monoisotopic (exact) mass is 268 g/mol. The van der Waals surface area contributed by atoms with Crippen molar-refractivity contribution in [2.45, 2.75) is 13.5 Å². The lowest BCUT2D eigenvalue weighted by Gasteiger charge is -2.07. The van der Waals surface area contributed by atoms with E-state index in [4.69, 9.17) is 9.84 Å². The summed E-state index contributed by atoms with van der Waals surface area (Å²) in [5.41, 5.74) is 3.11. The Morgan fingerprint density at radius 2 is 2.00 bits per heavy atom. The Hall–Kier alpha value is -2.55. The second-order valence-electron chi connectivity index (χ2n) is 4.52. The van der Waals surface area contributed by atoms with Crippen molar-refractivity contribution in [1.29, 1.82) is 0 Å². The molecule has 0 radical (unpaired) electrons. The lowest BCUT2D eigenvalue weighted by molar-refractivity contribution is -0.131. The van der Waals surface area contributed by atoms with E-state index in [0.29, 0.717) is 6.61 Å². The van der Waals surface area contributed by atoms with E-state index in [0.717, 1.165) is 23.0 Å². The molecule has 102 valence electrons. The van der Waals surface area contributed by atoms with Crippen molar-refractivity contribution in [3.63, 3.8) is 0 Å². The molecule has 0 aliphatic carbocycles. The number of rotatable bonds is 5. The van der Waals surface area contributed by atoms with Crippen LogP contribution < -0.4 is 4.74 Å². The maximum atomic E-state index is 10.5. The zero-order valence-corrected chi connectivity index (χ0v) is 11.2. The molecular formula is C17H16O3. The zero-order valence-electron chi connectivity index (χ0n) is 11.2. The van der Waals surface area contributed by atoms with Gasteiger partial charge in [0, 0.05) is 6.08 Å². The highest BCUT2D eigenvalue weighted by molar-refractivity contribution is 5.85. The molecule has 2 aromatic carbocycles. The Morgan fingerprint density at radius 1 is 1.20 bits per heavy atom. The lowest BCUT2D eigenvalue weighted by atomic mass is 10.1. The maximum absolute atomic E-state index is 10.5. The van der Waals surface area contributed by atoms with Crippen LogP contribution in [0.2, 0.25) is 0 Å². The van der Waals surface area contributed by atoms with E-state index in [1.54, 1.807) is 6.08 Å². The van der Waals surface area contributed by atoms with Crippen molar-refractivity contribution >= 4 is 12.0 Å². The summed E-state index contributed by atoms with van der Waals surface area (Å²) in [5.74, 6) is -0.241. The molecule has 0 heterocycles. The van der Waals surface area contributed by atoms with Crippen LogP contribution in [0.4, 0.5) is 0 Å². The molecule has 0 amide bonds. The second-order valence-corrected chi connectivity index (χ2v) is 4.52. The number of ether oxygens (including phenoxy) is 1. The van der Waals surface area contributed by atoms with Crippen molar-refractivity contribution in [2.75, 3.05) is 0 Å². The number of carbonyl (C=O) groups is 1. The summed E-state index contributed by atoms with van der Waals surface area (Å²) in [6.07, 6.45) is 2.65. The molecule has 0 aliphatic heterocycles. The molecule has 2 aromatic rings. The molecule has 0 bridgehead atoms. The highest BCUT2D eigenvalue weighted by Crippen LogP contribution is 2.16. The summed E-state index contributed by atoms with van der Waals surface area (Å²) >= 11 is 0. The molecule has 1 N–H and O–H groups in total. The van der Waals surface area contributed by atoms with Crippen LogP contribution in [0.15, 0.2) is 54.6 Å². The molecule has 0 aliphatic rings. The van der Waals surface area contributed by atoms with Gasteiger partial charge in [0.15, 0.2) is 0 Å². The third-order valence-corrected chi connectivity index (χ3v) is 2.76. The maximum Gasteiger partial charge on any atom is 0.328 e. The van der Waals surface area contributed by atoms with Crippen LogP contribution in [0, 0.1) is 6.92 Å². The molecule has 0 fully saturated rings. The largest absolute Gasteiger partial charge is 0.489 e. The van der Waals surface area contributed by atoms with Crippen LogP contribution in [-0.4, -0.2) is 11.1 Å². The van der Waals surface area contributed by atoms with Crippen molar-refractivity contribution in [2.24, 2.45) is 0 Å². The SMILES string of the molecule is Cc1cccc(COc2cccc(C=CC(=O)O)c2)c1. The van der Waals surface area contributed by atoms with Gasteiger partial charge in [-0.1, -0.05) is 42.0 Å². The molecule has 0 atom stereocenters. The Morgan fingerprint density at radius 3 is 2.75 bits per heavy atom. The lowest BCUT2D eigenvalue weighted by Crippen LogP contribution is -1.95. The van der Waals surface area contributed by atoms with Gasteiger partial charge in [0.2, 0.25) is 0 Å². The molecule has 0 saturated carbocycles. The summed E-state index contributed by atoms with van der Waals surface area (Å²) < 4.78 is 5.71. The quantitative estimate of drug-likeness (QED) is 0.841. The van der Waals surface area contributed by atoms with Gasteiger partial charge in [-0.2, -0.15) is 0 Å².